The van der Waals surface area contributed by atoms with Gasteiger partial charge in [-0.3, -0.25) is 9.59 Å². The lowest BCUT2D eigenvalue weighted by Crippen LogP contribution is -2.42. The van der Waals surface area contributed by atoms with E-state index in [9.17, 15) is 22.4 Å². The van der Waals surface area contributed by atoms with Gasteiger partial charge in [0.2, 0.25) is 10.0 Å². The van der Waals surface area contributed by atoms with Crippen LogP contribution in [0.25, 0.3) is 0 Å². The van der Waals surface area contributed by atoms with Crippen LogP contribution in [0.5, 0.6) is 0 Å². The molecule has 0 bridgehead atoms. The van der Waals surface area contributed by atoms with Gasteiger partial charge in [0.25, 0.3) is 0 Å². The number of nitrogens with one attached hydrogen (secondary N) is 1. The third-order valence-corrected chi connectivity index (χ3v) is 4.61. The Morgan fingerprint density at radius 1 is 1.35 bits per heavy atom. The lowest BCUT2D eigenvalue weighted by molar-refractivity contribution is -0.145. The molecule has 1 aromatic rings. The first-order chi connectivity index (χ1) is 9.13. The van der Waals surface area contributed by atoms with Crippen LogP contribution in [0.1, 0.15) is 6.42 Å². The maximum atomic E-state index is 12.9. The van der Waals surface area contributed by atoms with E-state index in [0.29, 0.717) is 0 Å². The number of carbonyl (C=O) groups is 2. The molecular weight excluding hydrogens is 361 g/mol. The molecule has 0 aliphatic carbocycles. The van der Waals surface area contributed by atoms with E-state index in [2.05, 4.69) is 15.9 Å². The number of benzene rings is 1. The molecule has 7 nitrogen and oxygen atoms in total. The Labute approximate surface area is 121 Å². The summed E-state index contributed by atoms with van der Waals surface area (Å²) in [5, 5.41) is 17.3. The fourth-order valence-corrected chi connectivity index (χ4v) is 3.54. The molecule has 0 spiro atoms. The van der Waals surface area contributed by atoms with Crippen molar-refractivity contribution in [2.45, 2.75) is 17.4 Å². The van der Waals surface area contributed by atoms with Crippen LogP contribution in [0.15, 0.2) is 27.6 Å². The summed E-state index contributed by atoms with van der Waals surface area (Å²) in [7, 11) is -4.31. The van der Waals surface area contributed by atoms with E-state index >= 15 is 0 Å². The molecule has 1 atom stereocenters. The topological polar surface area (TPSA) is 121 Å². The van der Waals surface area contributed by atoms with Crippen molar-refractivity contribution in [1.82, 2.24) is 4.72 Å². The SMILES string of the molecule is O=C(O)C[C@H](NS(=O)(=O)c1ccc(F)cc1Br)C(=O)O. The van der Waals surface area contributed by atoms with Crippen LogP contribution < -0.4 is 4.72 Å². The van der Waals surface area contributed by atoms with Crippen molar-refractivity contribution >= 4 is 37.9 Å². The van der Waals surface area contributed by atoms with Gasteiger partial charge in [-0.1, -0.05) is 0 Å². The maximum Gasteiger partial charge on any atom is 0.322 e. The van der Waals surface area contributed by atoms with E-state index < -0.39 is 45.1 Å². The summed E-state index contributed by atoms with van der Waals surface area (Å²) in [4.78, 5) is 20.9. The van der Waals surface area contributed by atoms with E-state index in [1.54, 1.807) is 4.72 Å². The monoisotopic (exact) mass is 369 g/mol. The van der Waals surface area contributed by atoms with Crippen molar-refractivity contribution < 1.29 is 32.6 Å². The van der Waals surface area contributed by atoms with Crippen molar-refractivity contribution in [3.63, 3.8) is 0 Å². The second-order valence-corrected chi connectivity index (χ2v) is 6.22. The Bertz CT molecular complexity index is 647. The smallest absolute Gasteiger partial charge is 0.322 e. The third kappa shape index (κ3) is 4.25. The van der Waals surface area contributed by atoms with Crippen LogP contribution >= 0.6 is 15.9 Å². The standard InChI is InChI=1S/C10H9BrFNO6S/c11-6-3-5(12)1-2-8(6)20(18,19)13-7(10(16)17)4-9(14)15/h1-3,7,13H,4H2,(H,14,15)(H,16,17)/t7-/m0/s1. The van der Waals surface area contributed by atoms with Gasteiger partial charge in [-0.25, -0.2) is 12.8 Å². The van der Waals surface area contributed by atoms with E-state index in [1.165, 1.54) is 0 Å². The first kappa shape index (κ1) is 16.5. The molecule has 3 N–H and O–H groups in total. The second kappa shape index (κ2) is 6.29. The first-order valence-corrected chi connectivity index (χ1v) is 7.33. The van der Waals surface area contributed by atoms with Crippen molar-refractivity contribution in [3.8, 4) is 0 Å². The number of rotatable bonds is 6. The molecule has 20 heavy (non-hydrogen) atoms. The zero-order chi connectivity index (χ0) is 15.5. The minimum atomic E-state index is -4.31. The van der Waals surface area contributed by atoms with Crippen molar-refractivity contribution in [3.05, 3.63) is 28.5 Å². The molecule has 0 radical (unpaired) electrons. The fourth-order valence-electron chi connectivity index (χ4n) is 1.30. The number of halogens is 2. The highest BCUT2D eigenvalue weighted by Gasteiger charge is 2.28. The van der Waals surface area contributed by atoms with E-state index in [4.69, 9.17) is 10.2 Å². The van der Waals surface area contributed by atoms with Gasteiger partial charge >= 0.3 is 11.9 Å². The van der Waals surface area contributed by atoms with Gasteiger partial charge in [0.1, 0.15) is 11.9 Å². The lowest BCUT2D eigenvalue weighted by Gasteiger charge is -2.13. The zero-order valence-electron chi connectivity index (χ0n) is 9.71. The highest BCUT2D eigenvalue weighted by Crippen LogP contribution is 2.23. The molecule has 1 rings (SSSR count). The van der Waals surface area contributed by atoms with Crippen LogP contribution in [-0.2, 0) is 19.6 Å². The average Bonchev–Trinajstić information content (AvgIpc) is 2.26. The van der Waals surface area contributed by atoms with Gasteiger partial charge in [0.05, 0.1) is 11.3 Å². The normalized spacial score (nSPS) is 12.9. The summed E-state index contributed by atoms with van der Waals surface area (Å²) in [5.41, 5.74) is 0. The van der Waals surface area contributed by atoms with Crippen molar-refractivity contribution in [2.24, 2.45) is 0 Å². The molecule has 0 heterocycles. The van der Waals surface area contributed by atoms with Gasteiger partial charge in [-0.2, -0.15) is 4.72 Å². The predicted molar refractivity (Wildman–Crippen MR) is 68.1 cm³/mol. The minimum Gasteiger partial charge on any atom is -0.481 e. The molecule has 110 valence electrons. The van der Waals surface area contributed by atoms with Crippen molar-refractivity contribution in [1.29, 1.82) is 0 Å². The van der Waals surface area contributed by atoms with E-state index in [0.717, 1.165) is 18.2 Å². The van der Waals surface area contributed by atoms with Crippen LogP contribution in [0.2, 0.25) is 0 Å². The van der Waals surface area contributed by atoms with Crippen LogP contribution in [0.3, 0.4) is 0 Å². The summed E-state index contributed by atoms with van der Waals surface area (Å²) >= 11 is 2.84. The molecule has 0 saturated heterocycles. The Balaban J connectivity index is 3.09. The molecule has 0 amide bonds. The summed E-state index contributed by atoms with van der Waals surface area (Å²) < 4.78 is 38.4. The highest BCUT2D eigenvalue weighted by atomic mass is 79.9. The Morgan fingerprint density at radius 3 is 2.40 bits per heavy atom. The lowest BCUT2D eigenvalue weighted by atomic mass is 10.2. The van der Waals surface area contributed by atoms with Crippen molar-refractivity contribution in [2.75, 3.05) is 0 Å². The van der Waals surface area contributed by atoms with Gasteiger partial charge in [0, 0.05) is 4.47 Å². The molecule has 1 aromatic carbocycles. The number of sulfonamides is 1. The molecule has 0 aliphatic rings. The van der Waals surface area contributed by atoms with Crippen LogP contribution in [-0.4, -0.2) is 36.6 Å². The minimum absolute atomic E-state index is 0.107. The number of aliphatic carboxylic acids is 2. The Morgan fingerprint density at radius 2 is 1.95 bits per heavy atom. The third-order valence-electron chi connectivity index (χ3n) is 2.16. The summed E-state index contributed by atoms with van der Waals surface area (Å²) in [6.45, 7) is 0. The second-order valence-electron chi connectivity index (χ2n) is 3.68. The molecule has 0 unspecified atom stereocenters. The molecular formula is C10H9BrFNO6S. The summed E-state index contributed by atoms with van der Waals surface area (Å²) in [6, 6.07) is 0.879. The molecule has 0 fully saturated rings. The van der Waals surface area contributed by atoms with Gasteiger partial charge in [-0.05, 0) is 34.1 Å². The van der Waals surface area contributed by atoms with Gasteiger partial charge in [-0.15, -0.1) is 0 Å². The van der Waals surface area contributed by atoms with E-state index in [1.807, 2.05) is 0 Å². The number of carboxylic acids is 2. The zero-order valence-corrected chi connectivity index (χ0v) is 12.1. The number of hydrogen-bond donors (Lipinski definition) is 3. The van der Waals surface area contributed by atoms with Gasteiger partial charge in [0.15, 0.2) is 0 Å². The number of carboxylic acid groups (broad SMARTS) is 2. The quantitative estimate of drug-likeness (QED) is 0.681. The molecule has 10 heteroatoms. The Hall–Kier alpha value is -1.52. The first-order valence-electron chi connectivity index (χ1n) is 5.05. The fraction of sp³-hybridized carbons (Fsp3) is 0.200. The van der Waals surface area contributed by atoms with E-state index in [-0.39, 0.29) is 4.47 Å². The van der Waals surface area contributed by atoms with Gasteiger partial charge < -0.3 is 10.2 Å². The molecule has 0 aromatic heterocycles. The largest absolute Gasteiger partial charge is 0.481 e. The summed E-state index contributed by atoms with van der Waals surface area (Å²) in [5.74, 6) is -3.79. The Kier molecular flexibility index (Phi) is 5.20. The highest BCUT2D eigenvalue weighted by molar-refractivity contribution is 9.10. The predicted octanol–water partition coefficient (Wildman–Crippen LogP) is 0.794. The van der Waals surface area contributed by atoms with Crippen LogP contribution in [0, 0.1) is 5.82 Å². The maximum absolute atomic E-state index is 12.9. The summed E-state index contributed by atoms with van der Waals surface area (Å²) in [6.07, 6.45) is -0.923. The van der Waals surface area contributed by atoms with Crippen LogP contribution in [0.4, 0.5) is 4.39 Å². The molecule has 0 saturated carbocycles. The average molecular weight is 370 g/mol. The number of hydrogen-bond acceptors (Lipinski definition) is 4. The molecule has 0 aliphatic heterocycles.